The highest BCUT2D eigenvalue weighted by atomic mass is 16.9. The van der Waals surface area contributed by atoms with Gasteiger partial charge in [-0.2, -0.15) is 0 Å². The van der Waals surface area contributed by atoms with E-state index in [1.807, 2.05) is 0 Å². The van der Waals surface area contributed by atoms with Gasteiger partial charge in [0.2, 0.25) is 0 Å². The smallest absolute Gasteiger partial charge is 0.313 e. The van der Waals surface area contributed by atoms with E-state index in [1.54, 1.807) is 0 Å². The van der Waals surface area contributed by atoms with Crippen LogP contribution in [-0.2, 0) is 23.7 Å². The van der Waals surface area contributed by atoms with Gasteiger partial charge in [0.05, 0.1) is 19.8 Å². The van der Waals surface area contributed by atoms with Crippen molar-refractivity contribution in [2.24, 2.45) is 0 Å². The van der Waals surface area contributed by atoms with Crippen LogP contribution in [0.3, 0.4) is 0 Å². The van der Waals surface area contributed by atoms with Crippen molar-refractivity contribution in [1.29, 1.82) is 0 Å². The SMILES string of the molecule is [CH]CCO[C@@H]1[C@H](OCC[CH])COC1(OCC[CH])OCCCC. The van der Waals surface area contributed by atoms with E-state index in [0.29, 0.717) is 52.3 Å². The summed E-state index contributed by atoms with van der Waals surface area (Å²) in [6, 6.07) is 0. The third kappa shape index (κ3) is 5.78. The normalized spacial score (nSPS) is 28.4. The first-order chi connectivity index (χ1) is 10.7. The van der Waals surface area contributed by atoms with Gasteiger partial charge in [-0.3, -0.25) is 0 Å². The Morgan fingerprint density at radius 2 is 1.59 bits per heavy atom. The van der Waals surface area contributed by atoms with Gasteiger partial charge in [0, 0.05) is 13.2 Å². The first-order valence-electron chi connectivity index (χ1n) is 7.99. The van der Waals surface area contributed by atoms with Crippen LogP contribution < -0.4 is 0 Å². The Morgan fingerprint density at radius 3 is 2.23 bits per heavy atom. The van der Waals surface area contributed by atoms with Gasteiger partial charge in [-0.05, 0) is 46.5 Å². The molecule has 1 fully saturated rings. The van der Waals surface area contributed by atoms with Gasteiger partial charge >= 0.3 is 5.97 Å². The van der Waals surface area contributed by atoms with Crippen molar-refractivity contribution in [3.63, 3.8) is 0 Å². The summed E-state index contributed by atoms with van der Waals surface area (Å²) in [5.41, 5.74) is 0. The van der Waals surface area contributed by atoms with Crippen molar-refractivity contribution >= 4 is 0 Å². The highest BCUT2D eigenvalue weighted by Gasteiger charge is 2.54. The quantitative estimate of drug-likeness (QED) is 0.386. The average Bonchev–Trinajstić information content (AvgIpc) is 2.87. The summed E-state index contributed by atoms with van der Waals surface area (Å²) in [6.07, 6.45) is 2.25. The van der Waals surface area contributed by atoms with E-state index in [9.17, 15) is 0 Å². The molecule has 0 saturated carbocycles. The van der Waals surface area contributed by atoms with Crippen LogP contribution in [0.2, 0.25) is 0 Å². The lowest BCUT2D eigenvalue weighted by atomic mass is 10.2. The summed E-state index contributed by atoms with van der Waals surface area (Å²) < 4.78 is 28.9. The zero-order valence-electron chi connectivity index (χ0n) is 13.5. The van der Waals surface area contributed by atoms with Gasteiger partial charge < -0.3 is 23.7 Å². The van der Waals surface area contributed by atoms with Crippen molar-refractivity contribution in [1.82, 2.24) is 0 Å². The second-order valence-electron chi connectivity index (χ2n) is 5.03. The van der Waals surface area contributed by atoms with Gasteiger partial charge in [-0.15, -0.1) is 0 Å². The number of ether oxygens (including phenoxy) is 5. The summed E-state index contributed by atoms with van der Waals surface area (Å²) in [5.74, 6) is -1.29. The topological polar surface area (TPSA) is 46.2 Å². The van der Waals surface area contributed by atoms with E-state index in [-0.39, 0.29) is 6.10 Å². The van der Waals surface area contributed by atoms with Crippen LogP contribution in [0.15, 0.2) is 0 Å². The molecule has 1 saturated heterocycles. The molecule has 3 atom stereocenters. The molecule has 126 valence electrons. The fourth-order valence-corrected chi connectivity index (χ4v) is 2.20. The minimum absolute atomic E-state index is 0.304. The van der Waals surface area contributed by atoms with E-state index < -0.39 is 12.1 Å². The van der Waals surface area contributed by atoms with E-state index in [1.165, 1.54) is 0 Å². The second-order valence-corrected chi connectivity index (χ2v) is 5.03. The van der Waals surface area contributed by atoms with Crippen LogP contribution in [0.5, 0.6) is 0 Å². The molecule has 1 rings (SSSR count). The molecule has 22 heavy (non-hydrogen) atoms. The molecule has 5 nitrogen and oxygen atoms in total. The number of unbranched alkanes of at least 4 members (excludes halogenated alkanes) is 1. The Kier molecular flexibility index (Phi) is 10.2. The van der Waals surface area contributed by atoms with Gasteiger partial charge in [0.1, 0.15) is 6.10 Å². The Balaban J connectivity index is 2.77. The first-order valence-corrected chi connectivity index (χ1v) is 7.99. The van der Waals surface area contributed by atoms with Crippen LogP contribution in [-0.4, -0.2) is 51.2 Å². The molecular formula is C17H28O5. The predicted molar refractivity (Wildman–Crippen MR) is 81.7 cm³/mol. The zero-order chi connectivity index (χ0) is 16.3. The maximum absolute atomic E-state index is 5.88. The van der Waals surface area contributed by atoms with Crippen molar-refractivity contribution in [2.75, 3.05) is 33.0 Å². The first kappa shape index (κ1) is 19.8. The standard InChI is InChI=1S/C17H28O5/c1-5-9-13-21-17(20-12-8-4)16(19-11-7-3)15(14-22-17)18-10-6-2/h2-4,15-16H,5-14H2,1H3/t15-,16-,17?/m1/s1. The molecule has 0 bridgehead atoms. The van der Waals surface area contributed by atoms with Crippen molar-refractivity contribution in [3.8, 4) is 0 Å². The third-order valence-electron chi connectivity index (χ3n) is 3.22. The summed E-state index contributed by atoms with van der Waals surface area (Å²) in [4.78, 5) is 0. The third-order valence-corrected chi connectivity index (χ3v) is 3.22. The van der Waals surface area contributed by atoms with Gasteiger partial charge in [-0.1, -0.05) is 13.3 Å². The van der Waals surface area contributed by atoms with Crippen LogP contribution in [0.1, 0.15) is 39.0 Å². The van der Waals surface area contributed by atoms with Crippen LogP contribution in [0, 0.1) is 20.8 Å². The molecular weight excluding hydrogens is 284 g/mol. The molecule has 5 heteroatoms. The summed E-state index contributed by atoms with van der Waals surface area (Å²) in [7, 11) is 0. The number of hydrogen-bond acceptors (Lipinski definition) is 5. The van der Waals surface area contributed by atoms with E-state index >= 15 is 0 Å². The molecule has 1 heterocycles. The van der Waals surface area contributed by atoms with E-state index in [0.717, 1.165) is 12.8 Å². The molecule has 0 amide bonds. The largest absolute Gasteiger partial charge is 0.373 e. The average molecular weight is 312 g/mol. The number of rotatable bonds is 13. The highest BCUT2D eigenvalue weighted by molar-refractivity contribution is 4.88. The molecule has 1 aliphatic heterocycles. The summed E-state index contributed by atoms with van der Waals surface area (Å²) >= 11 is 0. The van der Waals surface area contributed by atoms with Crippen LogP contribution in [0.25, 0.3) is 0 Å². The fourth-order valence-electron chi connectivity index (χ4n) is 2.20. The second kappa shape index (κ2) is 11.4. The fraction of sp³-hybridized carbons (Fsp3) is 0.824. The Bertz CT molecular complexity index is 274. The maximum atomic E-state index is 5.88. The molecule has 1 unspecified atom stereocenters. The molecule has 0 aromatic heterocycles. The van der Waals surface area contributed by atoms with Crippen molar-refractivity contribution in [3.05, 3.63) is 20.8 Å². The molecule has 0 N–H and O–H groups in total. The van der Waals surface area contributed by atoms with Gasteiger partial charge in [-0.25, -0.2) is 0 Å². The van der Waals surface area contributed by atoms with Crippen molar-refractivity contribution in [2.45, 2.75) is 57.2 Å². The summed E-state index contributed by atoms with van der Waals surface area (Å²) in [5, 5.41) is 0. The maximum Gasteiger partial charge on any atom is 0.313 e. The minimum atomic E-state index is -1.29. The lowest BCUT2D eigenvalue weighted by Crippen LogP contribution is -2.50. The predicted octanol–water partition coefficient (Wildman–Crippen LogP) is 2.58. The lowest BCUT2D eigenvalue weighted by Gasteiger charge is -2.34. The van der Waals surface area contributed by atoms with E-state index in [4.69, 9.17) is 44.5 Å². The van der Waals surface area contributed by atoms with Crippen molar-refractivity contribution < 1.29 is 23.7 Å². The van der Waals surface area contributed by atoms with Gasteiger partial charge in [0.15, 0.2) is 6.10 Å². The van der Waals surface area contributed by atoms with Gasteiger partial charge in [0.25, 0.3) is 0 Å². The minimum Gasteiger partial charge on any atom is -0.373 e. The summed E-state index contributed by atoms with van der Waals surface area (Å²) in [6.45, 7) is 20.5. The molecule has 0 spiro atoms. The molecule has 1 aliphatic rings. The molecule has 6 radical (unpaired) electrons. The number of hydrogen-bond donors (Lipinski definition) is 0. The Hall–Kier alpha value is -0.200. The lowest BCUT2D eigenvalue weighted by molar-refractivity contribution is -0.392. The van der Waals surface area contributed by atoms with Crippen LogP contribution >= 0.6 is 0 Å². The highest BCUT2D eigenvalue weighted by Crippen LogP contribution is 2.34. The monoisotopic (exact) mass is 312 g/mol. The van der Waals surface area contributed by atoms with E-state index in [2.05, 4.69) is 6.92 Å². The zero-order valence-corrected chi connectivity index (χ0v) is 13.5. The molecule has 0 aromatic carbocycles. The molecule has 0 aliphatic carbocycles. The van der Waals surface area contributed by atoms with Crippen LogP contribution in [0.4, 0.5) is 0 Å². The molecule has 0 aromatic rings. The Morgan fingerprint density at radius 1 is 0.955 bits per heavy atom. The Labute approximate surface area is 135 Å².